The first-order chi connectivity index (χ1) is 9.53. The first-order valence-corrected chi connectivity index (χ1v) is 7.40. The molecule has 5 heteroatoms. The first-order valence-electron chi connectivity index (χ1n) is 7.40. The minimum atomic E-state index is 0.164. The van der Waals surface area contributed by atoms with Crippen LogP contribution in [-0.4, -0.2) is 35.3 Å². The maximum absolute atomic E-state index is 6.14. The molecule has 20 heavy (non-hydrogen) atoms. The van der Waals surface area contributed by atoms with Crippen molar-refractivity contribution in [3.8, 4) is 5.88 Å². The van der Waals surface area contributed by atoms with Crippen LogP contribution in [-0.2, 0) is 11.2 Å². The topological polar surface area (TPSA) is 56.3 Å². The van der Waals surface area contributed by atoms with E-state index in [9.17, 15) is 0 Å². The molecule has 0 spiro atoms. The molecule has 0 aromatic carbocycles. The van der Waals surface area contributed by atoms with Gasteiger partial charge in [-0.25, -0.2) is 4.98 Å². The van der Waals surface area contributed by atoms with Crippen molar-refractivity contribution >= 4 is 5.82 Å². The van der Waals surface area contributed by atoms with Crippen molar-refractivity contribution in [1.29, 1.82) is 0 Å². The Kier molecular flexibility index (Phi) is 4.81. The Hall–Kier alpha value is -1.36. The molecule has 0 amide bonds. The summed E-state index contributed by atoms with van der Waals surface area (Å²) in [5, 5.41) is 3.11. The molecule has 1 fully saturated rings. The highest BCUT2D eigenvalue weighted by molar-refractivity contribution is 5.48. The fourth-order valence-corrected chi connectivity index (χ4v) is 2.65. The summed E-state index contributed by atoms with van der Waals surface area (Å²) in [6.07, 6.45) is 3.25. The number of aromatic nitrogens is 2. The molecule has 1 saturated heterocycles. The Labute approximate surface area is 121 Å². The number of nitrogens with one attached hydrogen (secondary N) is 1. The zero-order valence-corrected chi connectivity index (χ0v) is 13.1. The van der Waals surface area contributed by atoms with Gasteiger partial charge in [0.05, 0.1) is 17.8 Å². The Bertz CT molecular complexity index is 455. The Balaban J connectivity index is 2.19. The van der Waals surface area contributed by atoms with Gasteiger partial charge in [0.1, 0.15) is 17.7 Å². The van der Waals surface area contributed by atoms with E-state index >= 15 is 0 Å². The lowest BCUT2D eigenvalue weighted by molar-refractivity contribution is -0.0731. The van der Waals surface area contributed by atoms with E-state index in [1.807, 2.05) is 20.9 Å². The van der Waals surface area contributed by atoms with Crippen LogP contribution in [0.5, 0.6) is 5.88 Å². The second-order valence-electron chi connectivity index (χ2n) is 5.49. The number of aryl methyl sites for hydroxylation is 1. The monoisotopic (exact) mass is 279 g/mol. The highest BCUT2D eigenvalue weighted by Crippen LogP contribution is 2.27. The summed E-state index contributed by atoms with van der Waals surface area (Å²) in [5.74, 6) is 2.36. The third-order valence-electron chi connectivity index (χ3n) is 3.63. The van der Waals surface area contributed by atoms with Crippen molar-refractivity contribution in [3.05, 3.63) is 11.4 Å². The van der Waals surface area contributed by atoms with Gasteiger partial charge in [-0.3, -0.25) is 0 Å². The first kappa shape index (κ1) is 15.0. The van der Waals surface area contributed by atoms with E-state index < -0.39 is 0 Å². The molecule has 112 valence electrons. The molecule has 0 radical (unpaired) electrons. The number of ether oxygens (including phenoxy) is 2. The zero-order chi connectivity index (χ0) is 14.7. The van der Waals surface area contributed by atoms with E-state index in [0.29, 0.717) is 5.88 Å². The van der Waals surface area contributed by atoms with Gasteiger partial charge in [0.15, 0.2) is 0 Å². The molecule has 1 N–H and O–H groups in total. The molecule has 2 rings (SSSR count). The van der Waals surface area contributed by atoms with E-state index in [0.717, 1.165) is 36.5 Å². The maximum Gasteiger partial charge on any atom is 0.222 e. The quantitative estimate of drug-likeness (QED) is 0.918. The van der Waals surface area contributed by atoms with Gasteiger partial charge in [-0.15, -0.1) is 0 Å². The van der Waals surface area contributed by atoms with E-state index in [-0.39, 0.29) is 18.3 Å². The van der Waals surface area contributed by atoms with E-state index in [4.69, 9.17) is 9.47 Å². The summed E-state index contributed by atoms with van der Waals surface area (Å²) < 4.78 is 11.9. The summed E-state index contributed by atoms with van der Waals surface area (Å²) in [5.41, 5.74) is 0.969. The summed E-state index contributed by atoms with van der Waals surface area (Å²) in [6, 6.07) is 0. The van der Waals surface area contributed by atoms with Gasteiger partial charge in [-0.2, -0.15) is 4.98 Å². The normalized spacial score (nSPS) is 26.4. The van der Waals surface area contributed by atoms with Gasteiger partial charge < -0.3 is 14.8 Å². The standard InChI is InChI=1S/C15H25N3O2/c1-6-13-17-14(16-5)11(4)15(18-13)20-12-7-9(2)19-10(3)8-12/h9-10,12H,6-8H2,1-5H3,(H,16,17,18). The van der Waals surface area contributed by atoms with E-state index in [1.54, 1.807) is 0 Å². The smallest absolute Gasteiger partial charge is 0.222 e. The molecule has 5 nitrogen and oxygen atoms in total. The fourth-order valence-electron chi connectivity index (χ4n) is 2.65. The number of rotatable bonds is 4. The SMILES string of the molecule is CCc1nc(NC)c(C)c(OC2CC(C)OC(C)C2)n1. The van der Waals surface area contributed by atoms with E-state index in [2.05, 4.69) is 29.1 Å². The number of hydrogen-bond donors (Lipinski definition) is 1. The van der Waals surface area contributed by atoms with Crippen LogP contribution < -0.4 is 10.1 Å². The summed E-state index contributed by atoms with van der Waals surface area (Å²) >= 11 is 0. The fraction of sp³-hybridized carbons (Fsp3) is 0.733. The van der Waals surface area contributed by atoms with Gasteiger partial charge in [-0.05, 0) is 20.8 Å². The van der Waals surface area contributed by atoms with Crippen molar-refractivity contribution in [1.82, 2.24) is 9.97 Å². The molecule has 1 aromatic heterocycles. The van der Waals surface area contributed by atoms with Crippen LogP contribution in [0.15, 0.2) is 0 Å². The molecular formula is C15H25N3O2. The average molecular weight is 279 g/mol. The third-order valence-corrected chi connectivity index (χ3v) is 3.63. The molecule has 1 aromatic rings. The molecule has 1 aliphatic rings. The van der Waals surface area contributed by atoms with Crippen molar-refractivity contribution in [3.63, 3.8) is 0 Å². The summed E-state index contributed by atoms with van der Waals surface area (Å²) in [6.45, 7) is 8.23. The minimum absolute atomic E-state index is 0.164. The minimum Gasteiger partial charge on any atom is -0.474 e. The second-order valence-corrected chi connectivity index (χ2v) is 5.49. The highest BCUT2D eigenvalue weighted by Gasteiger charge is 2.27. The van der Waals surface area contributed by atoms with Crippen LogP contribution >= 0.6 is 0 Å². The van der Waals surface area contributed by atoms with Crippen molar-refractivity contribution < 1.29 is 9.47 Å². The average Bonchev–Trinajstić information content (AvgIpc) is 2.40. The predicted octanol–water partition coefficient (Wildman–Crippen LogP) is 2.72. The molecule has 0 aliphatic carbocycles. The molecule has 0 saturated carbocycles. The Morgan fingerprint density at radius 1 is 1.25 bits per heavy atom. The van der Waals surface area contributed by atoms with Crippen molar-refractivity contribution in [2.45, 2.75) is 65.3 Å². The van der Waals surface area contributed by atoms with Crippen LogP contribution in [0.3, 0.4) is 0 Å². The van der Waals surface area contributed by atoms with Crippen LogP contribution in [0.4, 0.5) is 5.82 Å². The van der Waals surface area contributed by atoms with Crippen molar-refractivity contribution in [2.24, 2.45) is 0 Å². The largest absolute Gasteiger partial charge is 0.474 e. The van der Waals surface area contributed by atoms with Crippen LogP contribution in [0.25, 0.3) is 0 Å². The summed E-state index contributed by atoms with van der Waals surface area (Å²) in [7, 11) is 1.87. The predicted molar refractivity (Wildman–Crippen MR) is 79.4 cm³/mol. The van der Waals surface area contributed by atoms with Crippen LogP contribution in [0.2, 0.25) is 0 Å². The van der Waals surface area contributed by atoms with Crippen LogP contribution in [0, 0.1) is 6.92 Å². The van der Waals surface area contributed by atoms with E-state index in [1.165, 1.54) is 0 Å². The molecule has 1 aliphatic heterocycles. The summed E-state index contributed by atoms with van der Waals surface area (Å²) in [4.78, 5) is 9.00. The lowest BCUT2D eigenvalue weighted by Crippen LogP contribution is -2.36. The van der Waals surface area contributed by atoms with Gasteiger partial charge >= 0.3 is 0 Å². The molecule has 0 bridgehead atoms. The Morgan fingerprint density at radius 2 is 1.90 bits per heavy atom. The second kappa shape index (κ2) is 6.39. The third kappa shape index (κ3) is 3.39. The Morgan fingerprint density at radius 3 is 2.45 bits per heavy atom. The van der Waals surface area contributed by atoms with Crippen molar-refractivity contribution in [2.75, 3.05) is 12.4 Å². The van der Waals surface area contributed by atoms with Gasteiger partial charge in [-0.1, -0.05) is 6.92 Å². The molecule has 2 heterocycles. The van der Waals surface area contributed by atoms with Gasteiger partial charge in [0.2, 0.25) is 5.88 Å². The van der Waals surface area contributed by atoms with Gasteiger partial charge in [0.25, 0.3) is 0 Å². The highest BCUT2D eigenvalue weighted by atomic mass is 16.5. The molecule has 2 atom stereocenters. The maximum atomic E-state index is 6.14. The number of nitrogens with zero attached hydrogens (tertiary/aromatic N) is 2. The molecular weight excluding hydrogens is 254 g/mol. The molecule has 2 unspecified atom stereocenters. The lowest BCUT2D eigenvalue weighted by atomic mass is 10.0. The number of hydrogen-bond acceptors (Lipinski definition) is 5. The lowest BCUT2D eigenvalue weighted by Gasteiger charge is -2.32. The van der Waals surface area contributed by atoms with Gasteiger partial charge in [0, 0.05) is 26.3 Å². The van der Waals surface area contributed by atoms with Crippen LogP contribution in [0.1, 0.15) is 45.0 Å². The zero-order valence-electron chi connectivity index (χ0n) is 13.1. The number of anilines is 1.